The van der Waals surface area contributed by atoms with Crippen molar-refractivity contribution in [2.75, 3.05) is 0 Å². The van der Waals surface area contributed by atoms with E-state index < -0.39 is 0 Å². The van der Waals surface area contributed by atoms with Crippen LogP contribution in [-0.4, -0.2) is 10.5 Å². The van der Waals surface area contributed by atoms with E-state index in [0.717, 1.165) is 11.3 Å². The minimum atomic E-state index is 0.535. The summed E-state index contributed by atoms with van der Waals surface area (Å²) in [6.45, 7) is 0.535. The Kier molecular flexibility index (Phi) is 3.61. The van der Waals surface area contributed by atoms with Crippen molar-refractivity contribution in [3.8, 4) is 11.5 Å². The Hall–Kier alpha value is -1.74. The zero-order valence-corrected chi connectivity index (χ0v) is 9.72. The SMILES string of the molecule is [Si]Oc1ccccc1OCc1ccccc1. The Morgan fingerprint density at radius 1 is 0.812 bits per heavy atom. The first kappa shape index (κ1) is 10.8. The minimum Gasteiger partial charge on any atom is -0.538 e. The first-order valence-corrected chi connectivity index (χ1v) is 5.40. The quantitative estimate of drug-likeness (QED) is 0.748. The molecule has 3 heteroatoms. The summed E-state index contributed by atoms with van der Waals surface area (Å²) in [7, 11) is 3.00. The van der Waals surface area contributed by atoms with Crippen molar-refractivity contribution >= 4 is 10.5 Å². The van der Waals surface area contributed by atoms with Crippen molar-refractivity contribution in [3.05, 3.63) is 60.2 Å². The van der Waals surface area contributed by atoms with Crippen molar-refractivity contribution in [1.29, 1.82) is 0 Å². The zero-order valence-electron chi connectivity index (χ0n) is 8.72. The molecule has 0 atom stereocenters. The molecule has 2 nitrogen and oxygen atoms in total. The summed E-state index contributed by atoms with van der Waals surface area (Å²) < 4.78 is 10.7. The van der Waals surface area contributed by atoms with E-state index in [2.05, 4.69) is 10.5 Å². The van der Waals surface area contributed by atoms with Crippen LogP contribution < -0.4 is 9.16 Å². The van der Waals surface area contributed by atoms with Crippen molar-refractivity contribution in [1.82, 2.24) is 0 Å². The number of benzene rings is 2. The third kappa shape index (κ3) is 2.64. The van der Waals surface area contributed by atoms with Gasteiger partial charge in [0.1, 0.15) is 12.4 Å². The summed E-state index contributed by atoms with van der Waals surface area (Å²) in [6, 6.07) is 17.5. The van der Waals surface area contributed by atoms with E-state index in [9.17, 15) is 0 Å². The van der Waals surface area contributed by atoms with Crippen LogP contribution in [0.2, 0.25) is 0 Å². The van der Waals surface area contributed by atoms with Gasteiger partial charge < -0.3 is 9.16 Å². The predicted octanol–water partition coefficient (Wildman–Crippen LogP) is 2.73. The van der Waals surface area contributed by atoms with Gasteiger partial charge in [-0.15, -0.1) is 0 Å². The summed E-state index contributed by atoms with van der Waals surface area (Å²) in [5.74, 6) is 1.40. The van der Waals surface area contributed by atoms with Crippen LogP contribution in [0.5, 0.6) is 11.5 Å². The van der Waals surface area contributed by atoms with Gasteiger partial charge >= 0.3 is 10.5 Å². The van der Waals surface area contributed by atoms with Crippen LogP contribution in [0.25, 0.3) is 0 Å². The van der Waals surface area contributed by atoms with Crippen LogP contribution in [-0.2, 0) is 6.61 Å². The molecule has 0 amide bonds. The van der Waals surface area contributed by atoms with E-state index in [1.54, 1.807) is 0 Å². The van der Waals surface area contributed by atoms with Crippen LogP contribution in [0, 0.1) is 0 Å². The Morgan fingerprint density at radius 2 is 1.44 bits per heavy atom. The summed E-state index contributed by atoms with van der Waals surface area (Å²) in [4.78, 5) is 0. The minimum absolute atomic E-state index is 0.535. The summed E-state index contributed by atoms with van der Waals surface area (Å²) in [6.07, 6.45) is 0. The monoisotopic (exact) mass is 227 g/mol. The van der Waals surface area contributed by atoms with Gasteiger partial charge in [-0.1, -0.05) is 42.5 Å². The second-order valence-electron chi connectivity index (χ2n) is 3.32. The van der Waals surface area contributed by atoms with Crippen molar-refractivity contribution in [2.24, 2.45) is 0 Å². The topological polar surface area (TPSA) is 18.5 Å². The Balaban J connectivity index is 2.05. The summed E-state index contributed by atoms with van der Waals surface area (Å²) in [5.41, 5.74) is 1.13. The lowest BCUT2D eigenvalue weighted by molar-refractivity contribution is 0.297. The second-order valence-corrected chi connectivity index (χ2v) is 3.53. The molecule has 2 rings (SSSR count). The second kappa shape index (κ2) is 5.37. The third-order valence-electron chi connectivity index (χ3n) is 2.20. The standard InChI is InChI=1S/C13H11O2Si/c16-15-13-9-5-4-8-12(13)14-10-11-6-2-1-3-7-11/h1-9H,10H2. The lowest BCUT2D eigenvalue weighted by atomic mass is 10.2. The summed E-state index contributed by atoms with van der Waals surface area (Å²) in [5, 5.41) is 0. The average molecular weight is 227 g/mol. The average Bonchev–Trinajstić information content (AvgIpc) is 2.38. The maximum absolute atomic E-state index is 5.66. The molecule has 79 valence electrons. The first-order chi connectivity index (χ1) is 7.90. The maximum atomic E-state index is 5.66. The largest absolute Gasteiger partial charge is 0.538 e. The Bertz CT molecular complexity index is 443. The van der Waals surface area contributed by atoms with Crippen LogP contribution in [0.15, 0.2) is 54.6 Å². The molecular formula is C13H11O2Si. The smallest absolute Gasteiger partial charge is 0.341 e. The number of hydrogen-bond donors (Lipinski definition) is 0. The molecule has 16 heavy (non-hydrogen) atoms. The van der Waals surface area contributed by atoms with Gasteiger partial charge in [-0.25, -0.2) is 0 Å². The van der Waals surface area contributed by atoms with Gasteiger partial charge in [-0.05, 0) is 17.7 Å². The molecule has 0 unspecified atom stereocenters. The molecule has 0 bridgehead atoms. The van der Waals surface area contributed by atoms with E-state index in [-0.39, 0.29) is 0 Å². The van der Waals surface area contributed by atoms with Gasteiger partial charge in [-0.2, -0.15) is 0 Å². The van der Waals surface area contributed by atoms with E-state index in [1.807, 2.05) is 54.6 Å². The highest BCUT2D eigenvalue weighted by Gasteiger charge is 2.01. The molecular weight excluding hydrogens is 216 g/mol. The molecule has 0 saturated heterocycles. The van der Waals surface area contributed by atoms with Crippen molar-refractivity contribution in [2.45, 2.75) is 6.61 Å². The van der Waals surface area contributed by atoms with Crippen LogP contribution >= 0.6 is 0 Å². The maximum Gasteiger partial charge on any atom is 0.341 e. The van der Waals surface area contributed by atoms with Crippen molar-refractivity contribution < 1.29 is 9.16 Å². The highest BCUT2D eigenvalue weighted by molar-refractivity contribution is 6.00. The predicted molar refractivity (Wildman–Crippen MR) is 63.6 cm³/mol. The fourth-order valence-electron chi connectivity index (χ4n) is 1.39. The van der Waals surface area contributed by atoms with E-state index in [4.69, 9.17) is 9.16 Å². The lowest BCUT2D eigenvalue weighted by Gasteiger charge is -2.10. The molecule has 2 aromatic carbocycles. The normalized spacial score (nSPS) is 9.81. The van der Waals surface area contributed by atoms with Gasteiger partial charge in [0.15, 0.2) is 5.75 Å². The molecule has 0 N–H and O–H groups in total. The molecule has 0 aliphatic carbocycles. The molecule has 0 fully saturated rings. The fraction of sp³-hybridized carbons (Fsp3) is 0.0769. The number of hydrogen-bond acceptors (Lipinski definition) is 2. The van der Waals surface area contributed by atoms with Gasteiger partial charge in [-0.3, -0.25) is 0 Å². The van der Waals surface area contributed by atoms with Crippen molar-refractivity contribution in [3.63, 3.8) is 0 Å². The lowest BCUT2D eigenvalue weighted by Crippen LogP contribution is -1.97. The van der Waals surface area contributed by atoms with Crippen LogP contribution in [0.4, 0.5) is 0 Å². The molecule has 0 aromatic heterocycles. The number of rotatable bonds is 4. The Morgan fingerprint density at radius 3 is 2.12 bits per heavy atom. The molecule has 3 radical (unpaired) electrons. The number of para-hydroxylation sites is 2. The first-order valence-electron chi connectivity index (χ1n) is 4.99. The fourth-order valence-corrected chi connectivity index (χ4v) is 1.56. The van der Waals surface area contributed by atoms with E-state index >= 15 is 0 Å². The van der Waals surface area contributed by atoms with Gasteiger partial charge in [0.2, 0.25) is 0 Å². The highest BCUT2D eigenvalue weighted by Crippen LogP contribution is 2.26. The molecule has 2 aromatic rings. The van der Waals surface area contributed by atoms with Gasteiger partial charge in [0.25, 0.3) is 0 Å². The van der Waals surface area contributed by atoms with Crippen LogP contribution in [0.1, 0.15) is 5.56 Å². The van der Waals surface area contributed by atoms with Crippen LogP contribution in [0.3, 0.4) is 0 Å². The Labute approximate surface area is 98.4 Å². The molecule has 0 saturated carbocycles. The number of ether oxygens (including phenoxy) is 1. The molecule has 0 aliphatic heterocycles. The molecule has 0 heterocycles. The zero-order chi connectivity index (χ0) is 11.2. The molecule has 0 spiro atoms. The third-order valence-corrected chi connectivity index (χ3v) is 2.42. The van der Waals surface area contributed by atoms with Gasteiger partial charge in [0, 0.05) is 0 Å². The van der Waals surface area contributed by atoms with E-state index in [0.29, 0.717) is 12.4 Å². The summed E-state index contributed by atoms with van der Waals surface area (Å²) >= 11 is 0. The molecule has 0 aliphatic rings. The van der Waals surface area contributed by atoms with E-state index in [1.165, 1.54) is 0 Å². The highest BCUT2D eigenvalue weighted by atomic mass is 28.2. The van der Waals surface area contributed by atoms with Gasteiger partial charge in [0.05, 0.1) is 0 Å².